The Morgan fingerprint density at radius 1 is 1.07 bits per heavy atom. The van der Waals surface area contributed by atoms with Crippen molar-refractivity contribution in [3.8, 4) is 0 Å². The summed E-state index contributed by atoms with van der Waals surface area (Å²) >= 11 is 6.02. The van der Waals surface area contributed by atoms with Crippen LogP contribution >= 0.6 is 11.6 Å². The first-order valence-electron chi connectivity index (χ1n) is 5.27. The lowest BCUT2D eigenvalue weighted by Gasteiger charge is -2.25. The molecule has 0 spiro atoms. The van der Waals surface area contributed by atoms with Gasteiger partial charge in [0.25, 0.3) is 0 Å². The van der Waals surface area contributed by atoms with Gasteiger partial charge in [0.1, 0.15) is 0 Å². The van der Waals surface area contributed by atoms with Crippen LogP contribution in [0.3, 0.4) is 0 Å². The molecular formula is C12H11ClN2. The van der Waals surface area contributed by atoms with Gasteiger partial charge in [-0.15, -0.1) is 5.10 Å². The molecule has 0 aliphatic heterocycles. The number of benzene rings is 1. The fourth-order valence-electron chi connectivity index (χ4n) is 2.08. The third-order valence-electron chi connectivity index (χ3n) is 3.16. The van der Waals surface area contributed by atoms with Crippen LogP contribution in [-0.4, -0.2) is 10.2 Å². The fourth-order valence-corrected chi connectivity index (χ4v) is 2.28. The lowest BCUT2D eigenvalue weighted by atomic mass is 9.81. The highest BCUT2D eigenvalue weighted by molar-refractivity contribution is 6.34. The van der Waals surface area contributed by atoms with Crippen molar-refractivity contribution in [3.05, 3.63) is 35.1 Å². The van der Waals surface area contributed by atoms with Crippen LogP contribution in [0.25, 0.3) is 10.8 Å². The average molecular weight is 219 g/mol. The third kappa shape index (κ3) is 1.40. The molecule has 1 heterocycles. The highest BCUT2D eigenvalue weighted by atomic mass is 35.5. The Morgan fingerprint density at radius 2 is 1.80 bits per heavy atom. The second-order valence-corrected chi connectivity index (χ2v) is 4.41. The van der Waals surface area contributed by atoms with Crippen LogP contribution in [0.5, 0.6) is 0 Å². The van der Waals surface area contributed by atoms with E-state index in [0.717, 1.165) is 11.1 Å². The van der Waals surface area contributed by atoms with Crippen molar-refractivity contribution >= 4 is 22.4 Å². The van der Waals surface area contributed by atoms with Crippen molar-refractivity contribution in [1.29, 1.82) is 0 Å². The highest BCUT2D eigenvalue weighted by Gasteiger charge is 2.23. The van der Waals surface area contributed by atoms with Gasteiger partial charge in [0.15, 0.2) is 5.15 Å². The Balaban J connectivity index is 2.25. The molecule has 3 rings (SSSR count). The van der Waals surface area contributed by atoms with E-state index >= 15 is 0 Å². The Morgan fingerprint density at radius 3 is 2.47 bits per heavy atom. The molecule has 3 heteroatoms. The monoisotopic (exact) mass is 218 g/mol. The molecule has 0 saturated heterocycles. The number of rotatable bonds is 1. The minimum atomic E-state index is 0.508. The summed E-state index contributed by atoms with van der Waals surface area (Å²) in [5.74, 6) is 0.597. The van der Waals surface area contributed by atoms with Crippen molar-refractivity contribution in [2.45, 2.75) is 25.2 Å². The van der Waals surface area contributed by atoms with Crippen LogP contribution < -0.4 is 0 Å². The van der Waals surface area contributed by atoms with Gasteiger partial charge in [-0.25, -0.2) is 0 Å². The van der Waals surface area contributed by atoms with Gasteiger partial charge in [0.05, 0.1) is 5.69 Å². The number of halogens is 1. The zero-order valence-corrected chi connectivity index (χ0v) is 9.04. The first kappa shape index (κ1) is 9.10. The van der Waals surface area contributed by atoms with Crippen LogP contribution in [0.15, 0.2) is 24.3 Å². The lowest BCUT2D eigenvalue weighted by Crippen LogP contribution is -2.12. The van der Waals surface area contributed by atoms with Crippen LogP contribution in [0.4, 0.5) is 0 Å². The molecule has 2 aromatic rings. The maximum Gasteiger partial charge on any atom is 0.159 e. The smallest absolute Gasteiger partial charge is 0.153 e. The molecule has 1 saturated carbocycles. The molecule has 1 aliphatic rings. The van der Waals surface area contributed by atoms with E-state index in [-0.39, 0.29) is 0 Å². The van der Waals surface area contributed by atoms with Crippen molar-refractivity contribution in [2.75, 3.05) is 0 Å². The van der Waals surface area contributed by atoms with E-state index in [2.05, 4.69) is 16.3 Å². The van der Waals surface area contributed by atoms with Crippen LogP contribution in [0.1, 0.15) is 30.9 Å². The minimum Gasteiger partial charge on any atom is -0.153 e. The molecule has 76 valence electrons. The summed E-state index contributed by atoms with van der Waals surface area (Å²) in [5, 5.41) is 11.0. The number of hydrogen-bond acceptors (Lipinski definition) is 2. The number of fused-ring (bicyclic) bond motifs is 1. The summed E-state index contributed by atoms with van der Waals surface area (Å²) in [5.41, 5.74) is 1.13. The fraction of sp³-hybridized carbons (Fsp3) is 0.333. The molecule has 15 heavy (non-hydrogen) atoms. The van der Waals surface area contributed by atoms with E-state index in [1.807, 2.05) is 18.2 Å². The molecule has 0 N–H and O–H groups in total. The molecule has 0 atom stereocenters. The summed E-state index contributed by atoms with van der Waals surface area (Å²) in [6.07, 6.45) is 3.78. The quantitative estimate of drug-likeness (QED) is 0.732. The Kier molecular flexibility index (Phi) is 2.10. The van der Waals surface area contributed by atoms with Crippen molar-refractivity contribution in [2.24, 2.45) is 0 Å². The van der Waals surface area contributed by atoms with E-state index in [1.54, 1.807) is 0 Å². The predicted molar refractivity (Wildman–Crippen MR) is 61.1 cm³/mol. The molecule has 0 bridgehead atoms. The largest absolute Gasteiger partial charge is 0.159 e. The van der Waals surface area contributed by atoms with Gasteiger partial charge >= 0.3 is 0 Å². The predicted octanol–water partition coefficient (Wildman–Crippen LogP) is 3.55. The standard InChI is InChI=1S/C12H11ClN2/c13-12-10-7-2-1-6-9(10)11(14-15-12)8-4-3-5-8/h1-2,6-8H,3-5H2. The van der Waals surface area contributed by atoms with Crippen molar-refractivity contribution < 1.29 is 0 Å². The second kappa shape index (κ2) is 3.46. The topological polar surface area (TPSA) is 25.8 Å². The van der Waals surface area contributed by atoms with Crippen molar-refractivity contribution in [1.82, 2.24) is 10.2 Å². The minimum absolute atomic E-state index is 0.508. The summed E-state index contributed by atoms with van der Waals surface area (Å²) in [4.78, 5) is 0. The molecule has 1 aromatic heterocycles. The average Bonchev–Trinajstić information content (AvgIpc) is 2.20. The summed E-state index contributed by atoms with van der Waals surface area (Å²) in [6.45, 7) is 0. The zero-order chi connectivity index (χ0) is 10.3. The maximum absolute atomic E-state index is 6.02. The molecular weight excluding hydrogens is 208 g/mol. The third-order valence-corrected chi connectivity index (χ3v) is 3.44. The maximum atomic E-state index is 6.02. The van der Waals surface area contributed by atoms with Gasteiger partial charge in [0, 0.05) is 16.7 Å². The van der Waals surface area contributed by atoms with E-state index in [9.17, 15) is 0 Å². The summed E-state index contributed by atoms with van der Waals surface area (Å²) in [6, 6.07) is 8.11. The molecule has 1 fully saturated rings. The van der Waals surface area contributed by atoms with Crippen LogP contribution in [0.2, 0.25) is 5.15 Å². The normalized spacial score (nSPS) is 16.6. The first-order chi connectivity index (χ1) is 7.36. The first-order valence-corrected chi connectivity index (χ1v) is 5.65. The number of hydrogen-bond donors (Lipinski definition) is 0. The summed E-state index contributed by atoms with van der Waals surface area (Å²) < 4.78 is 0. The zero-order valence-electron chi connectivity index (χ0n) is 8.28. The SMILES string of the molecule is Clc1nnc(C2CCC2)c2ccccc12. The lowest BCUT2D eigenvalue weighted by molar-refractivity contribution is 0.411. The molecule has 1 aromatic carbocycles. The van der Waals surface area contributed by atoms with Crippen LogP contribution in [-0.2, 0) is 0 Å². The Bertz CT molecular complexity index is 506. The van der Waals surface area contributed by atoms with E-state index in [4.69, 9.17) is 11.6 Å². The van der Waals surface area contributed by atoms with Crippen molar-refractivity contribution in [3.63, 3.8) is 0 Å². The molecule has 2 nitrogen and oxygen atoms in total. The van der Waals surface area contributed by atoms with Gasteiger partial charge in [-0.1, -0.05) is 42.3 Å². The Hall–Kier alpha value is -1.15. The summed E-state index contributed by atoms with van der Waals surface area (Å²) in [7, 11) is 0. The number of nitrogens with zero attached hydrogens (tertiary/aromatic N) is 2. The molecule has 0 amide bonds. The molecule has 0 radical (unpaired) electrons. The highest BCUT2D eigenvalue weighted by Crippen LogP contribution is 2.38. The van der Waals surface area contributed by atoms with Gasteiger partial charge < -0.3 is 0 Å². The van der Waals surface area contributed by atoms with Gasteiger partial charge in [-0.3, -0.25) is 0 Å². The molecule has 0 unspecified atom stereocenters. The van der Waals surface area contributed by atoms with Gasteiger partial charge in [-0.2, -0.15) is 5.10 Å². The van der Waals surface area contributed by atoms with E-state index in [0.29, 0.717) is 11.1 Å². The van der Waals surface area contributed by atoms with Crippen LogP contribution in [0, 0.1) is 0 Å². The van der Waals surface area contributed by atoms with E-state index < -0.39 is 0 Å². The van der Waals surface area contributed by atoms with Gasteiger partial charge in [-0.05, 0) is 12.8 Å². The van der Waals surface area contributed by atoms with Gasteiger partial charge in [0.2, 0.25) is 0 Å². The van der Waals surface area contributed by atoms with E-state index in [1.165, 1.54) is 24.6 Å². The Labute approximate surface area is 93.3 Å². The second-order valence-electron chi connectivity index (χ2n) is 4.05. The number of aromatic nitrogens is 2. The molecule has 1 aliphatic carbocycles.